The van der Waals surface area contributed by atoms with Gasteiger partial charge in [0.2, 0.25) is 0 Å². The molecule has 0 radical (unpaired) electrons. The number of halogens is 2. The van der Waals surface area contributed by atoms with E-state index < -0.39 is 0 Å². The molecule has 7 heteroatoms. The van der Waals surface area contributed by atoms with Crippen LogP contribution in [0.2, 0.25) is 0 Å². The highest BCUT2D eigenvalue weighted by atomic mass is 35.5. The lowest BCUT2D eigenvalue weighted by Gasteiger charge is -2.10. The SMILES string of the molecule is Cc1nc2cc(C(=O)NCC(C)CN)ccc2n1-c1ccccc1.Cl.Cl. The summed E-state index contributed by atoms with van der Waals surface area (Å²) in [6, 6.07) is 15.7. The number of nitrogens with zero attached hydrogens (tertiary/aromatic N) is 2. The molecule has 0 spiro atoms. The lowest BCUT2D eigenvalue weighted by molar-refractivity contribution is 0.0948. The van der Waals surface area contributed by atoms with Crippen LogP contribution in [0.5, 0.6) is 0 Å². The fraction of sp³-hybridized carbons (Fsp3) is 0.263. The molecule has 0 aliphatic rings. The highest BCUT2D eigenvalue weighted by Crippen LogP contribution is 2.22. The Bertz CT molecular complexity index is 865. The lowest BCUT2D eigenvalue weighted by Crippen LogP contribution is -2.31. The zero-order chi connectivity index (χ0) is 17.1. The van der Waals surface area contributed by atoms with Crippen LogP contribution in [0.3, 0.4) is 0 Å². The third kappa shape index (κ3) is 4.55. The first-order valence-corrected chi connectivity index (χ1v) is 8.13. The molecule has 0 bridgehead atoms. The molecule has 0 fully saturated rings. The molecule has 3 rings (SSSR count). The number of carbonyl (C=O) groups is 1. The van der Waals surface area contributed by atoms with Gasteiger partial charge in [-0.2, -0.15) is 0 Å². The molecule has 5 nitrogen and oxygen atoms in total. The Balaban J connectivity index is 0.00000169. The first-order chi connectivity index (χ1) is 11.6. The van der Waals surface area contributed by atoms with Gasteiger partial charge in [-0.15, -0.1) is 24.8 Å². The summed E-state index contributed by atoms with van der Waals surface area (Å²) in [5, 5.41) is 2.91. The maximum atomic E-state index is 12.3. The van der Waals surface area contributed by atoms with Gasteiger partial charge in [0.15, 0.2) is 0 Å². The van der Waals surface area contributed by atoms with Gasteiger partial charge in [0.25, 0.3) is 5.91 Å². The second kappa shape index (κ2) is 9.57. The van der Waals surface area contributed by atoms with Gasteiger partial charge in [0.05, 0.1) is 11.0 Å². The Morgan fingerprint density at radius 3 is 2.54 bits per heavy atom. The van der Waals surface area contributed by atoms with Gasteiger partial charge in [0, 0.05) is 17.8 Å². The second-order valence-corrected chi connectivity index (χ2v) is 6.08. The molecular formula is C19H24Cl2N4O. The largest absolute Gasteiger partial charge is 0.352 e. The zero-order valence-electron chi connectivity index (χ0n) is 14.8. The number of aryl methyl sites for hydroxylation is 1. The highest BCUT2D eigenvalue weighted by molar-refractivity contribution is 5.97. The Morgan fingerprint density at radius 2 is 1.88 bits per heavy atom. The van der Waals surface area contributed by atoms with Crippen LogP contribution in [0, 0.1) is 12.8 Å². The maximum absolute atomic E-state index is 12.3. The molecule has 1 amide bonds. The van der Waals surface area contributed by atoms with Crippen LogP contribution < -0.4 is 11.1 Å². The van der Waals surface area contributed by atoms with Crippen molar-refractivity contribution in [2.45, 2.75) is 13.8 Å². The van der Waals surface area contributed by atoms with Crippen LogP contribution in [0.4, 0.5) is 0 Å². The number of amides is 1. The number of hydrogen-bond donors (Lipinski definition) is 2. The summed E-state index contributed by atoms with van der Waals surface area (Å²) in [4.78, 5) is 16.9. The number of aromatic nitrogens is 2. The van der Waals surface area contributed by atoms with Crippen LogP contribution in [-0.4, -0.2) is 28.5 Å². The number of nitrogens with one attached hydrogen (secondary N) is 1. The van der Waals surface area contributed by atoms with E-state index in [-0.39, 0.29) is 36.6 Å². The molecule has 1 unspecified atom stereocenters. The summed E-state index contributed by atoms with van der Waals surface area (Å²) in [5.74, 6) is 1.06. The first-order valence-electron chi connectivity index (χ1n) is 8.13. The predicted octanol–water partition coefficient (Wildman–Crippen LogP) is 3.50. The van der Waals surface area contributed by atoms with E-state index in [9.17, 15) is 4.79 Å². The summed E-state index contributed by atoms with van der Waals surface area (Å²) in [5.41, 5.74) is 9.07. The quantitative estimate of drug-likeness (QED) is 0.695. The molecule has 0 saturated heterocycles. The summed E-state index contributed by atoms with van der Waals surface area (Å²) >= 11 is 0. The number of fused-ring (bicyclic) bond motifs is 1. The predicted molar refractivity (Wildman–Crippen MR) is 111 cm³/mol. The average Bonchev–Trinajstić information content (AvgIpc) is 2.94. The molecule has 0 aliphatic carbocycles. The summed E-state index contributed by atoms with van der Waals surface area (Å²) < 4.78 is 2.09. The average molecular weight is 395 g/mol. The molecule has 1 atom stereocenters. The molecule has 3 N–H and O–H groups in total. The van der Waals surface area contributed by atoms with Crippen molar-refractivity contribution < 1.29 is 4.79 Å². The number of nitrogens with two attached hydrogens (primary N) is 1. The lowest BCUT2D eigenvalue weighted by atomic mass is 10.1. The number of benzene rings is 2. The van der Waals surface area contributed by atoms with Gasteiger partial charge in [-0.1, -0.05) is 25.1 Å². The van der Waals surface area contributed by atoms with Crippen LogP contribution in [0.1, 0.15) is 23.1 Å². The molecule has 3 aromatic rings. The van der Waals surface area contributed by atoms with E-state index >= 15 is 0 Å². The zero-order valence-corrected chi connectivity index (χ0v) is 16.4. The van der Waals surface area contributed by atoms with Gasteiger partial charge < -0.3 is 11.1 Å². The number of hydrogen-bond acceptors (Lipinski definition) is 3. The number of para-hydroxylation sites is 1. The van der Waals surface area contributed by atoms with Crippen molar-refractivity contribution in [1.29, 1.82) is 0 Å². The van der Waals surface area contributed by atoms with Gasteiger partial charge in [-0.3, -0.25) is 9.36 Å². The summed E-state index contributed by atoms with van der Waals surface area (Å²) in [7, 11) is 0. The van der Waals surface area contributed by atoms with E-state index in [4.69, 9.17) is 5.73 Å². The van der Waals surface area contributed by atoms with Crippen LogP contribution in [-0.2, 0) is 0 Å². The van der Waals surface area contributed by atoms with Gasteiger partial charge in [-0.25, -0.2) is 4.98 Å². The number of rotatable bonds is 5. The molecule has 140 valence electrons. The van der Waals surface area contributed by atoms with Gasteiger partial charge in [0.1, 0.15) is 5.82 Å². The number of imidazole rings is 1. The molecule has 2 aromatic carbocycles. The molecule has 0 aliphatic heterocycles. The van der Waals surface area contributed by atoms with Crippen molar-refractivity contribution in [1.82, 2.24) is 14.9 Å². The van der Waals surface area contributed by atoms with E-state index in [0.717, 1.165) is 22.5 Å². The normalized spacial score (nSPS) is 11.3. The minimum absolute atomic E-state index is 0. The van der Waals surface area contributed by atoms with Gasteiger partial charge >= 0.3 is 0 Å². The second-order valence-electron chi connectivity index (χ2n) is 6.08. The van der Waals surface area contributed by atoms with Crippen LogP contribution in [0.25, 0.3) is 16.7 Å². The Kier molecular flexibility index (Phi) is 8.08. The summed E-state index contributed by atoms with van der Waals surface area (Å²) in [6.07, 6.45) is 0. The Labute approximate surface area is 165 Å². The molecule has 0 saturated carbocycles. The monoisotopic (exact) mass is 394 g/mol. The van der Waals surface area contributed by atoms with E-state index in [1.54, 1.807) is 0 Å². The number of carbonyl (C=O) groups excluding carboxylic acids is 1. The highest BCUT2D eigenvalue weighted by Gasteiger charge is 2.13. The van der Waals surface area contributed by atoms with E-state index in [1.165, 1.54) is 0 Å². The van der Waals surface area contributed by atoms with Crippen molar-refractivity contribution in [3.05, 3.63) is 59.9 Å². The maximum Gasteiger partial charge on any atom is 0.251 e. The first kappa shape index (κ1) is 22.0. The van der Waals surface area contributed by atoms with Crippen LogP contribution >= 0.6 is 24.8 Å². The van der Waals surface area contributed by atoms with Gasteiger partial charge in [-0.05, 0) is 49.7 Å². The van der Waals surface area contributed by atoms with Crippen molar-refractivity contribution >= 4 is 41.8 Å². The topological polar surface area (TPSA) is 72.9 Å². The fourth-order valence-electron chi connectivity index (χ4n) is 2.70. The van der Waals surface area contributed by atoms with E-state index in [0.29, 0.717) is 18.7 Å². The molecular weight excluding hydrogens is 371 g/mol. The Hall–Kier alpha value is -2.08. The Morgan fingerprint density at radius 1 is 1.19 bits per heavy atom. The van der Waals surface area contributed by atoms with Crippen molar-refractivity contribution in [2.75, 3.05) is 13.1 Å². The fourth-order valence-corrected chi connectivity index (χ4v) is 2.70. The van der Waals surface area contributed by atoms with E-state index in [2.05, 4.69) is 14.9 Å². The smallest absolute Gasteiger partial charge is 0.251 e. The molecule has 1 heterocycles. The van der Waals surface area contributed by atoms with Crippen molar-refractivity contribution in [3.63, 3.8) is 0 Å². The minimum atomic E-state index is -0.0934. The molecule has 1 aromatic heterocycles. The summed E-state index contributed by atoms with van der Waals surface area (Å²) in [6.45, 7) is 5.11. The third-order valence-electron chi connectivity index (χ3n) is 4.11. The van der Waals surface area contributed by atoms with Crippen molar-refractivity contribution in [2.24, 2.45) is 11.7 Å². The molecule has 26 heavy (non-hydrogen) atoms. The standard InChI is InChI=1S/C19H22N4O.2ClH/c1-13(11-20)12-21-19(24)15-8-9-18-17(10-15)22-14(2)23(18)16-6-4-3-5-7-16;;/h3-10,13H,11-12,20H2,1-2H3,(H,21,24);2*1H. The van der Waals surface area contributed by atoms with E-state index in [1.807, 2.05) is 62.4 Å². The van der Waals surface area contributed by atoms with Crippen molar-refractivity contribution in [3.8, 4) is 5.69 Å². The minimum Gasteiger partial charge on any atom is -0.352 e. The van der Waals surface area contributed by atoms with Crippen LogP contribution in [0.15, 0.2) is 48.5 Å². The third-order valence-corrected chi connectivity index (χ3v) is 4.11.